The second-order valence-electron chi connectivity index (χ2n) is 5.08. The fourth-order valence-corrected chi connectivity index (χ4v) is 1.84. The molecule has 0 radical (unpaired) electrons. The van der Waals surface area contributed by atoms with Crippen molar-refractivity contribution in [3.8, 4) is 0 Å². The lowest BCUT2D eigenvalue weighted by atomic mass is 10.0. The molecule has 0 bridgehead atoms. The van der Waals surface area contributed by atoms with Crippen molar-refractivity contribution in [1.29, 1.82) is 0 Å². The summed E-state index contributed by atoms with van der Waals surface area (Å²) >= 11 is 0. The number of nitrogens with two attached hydrogens (primary N) is 1. The van der Waals surface area contributed by atoms with Gasteiger partial charge in [0.1, 0.15) is 0 Å². The van der Waals surface area contributed by atoms with Crippen molar-refractivity contribution in [2.75, 3.05) is 19.6 Å². The van der Waals surface area contributed by atoms with Crippen LogP contribution in [0.4, 0.5) is 0 Å². The van der Waals surface area contributed by atoms with Crippen molar-refractivity contribution < 1.29 is 0 Å². The molecule has 1 aliphatic rings. The zero-order chi connectivity index (χ0) is 10.1. The summed E-state index contributed by atoms with van der Waals surface area (Å²) in [5.74, 6) is 0. The molecule has 1 fully saturated rings. The van der Waals surface area contributed by atoms with Crippen LogP contribution in [0.2, 0.25) is 0 Å². The van der Waals surface area contributed by atoms with Crippen molar-refractivity contribution in [3.63, 3.8) is 0 Å². The van der Waals surface area contributed by atoms with Gasteiger partial charge >= 0.3 is 0 Å². The molecule has 0 aliphatic carbocycles. The predicted molar refractivity (Wildman–Crippen MR) is 56.8 cm³/mol. The summed E-state index contributed by atoms with van der Waals surface area (Å²) in [5.41, 5.74) is 5.93. The predicted octanol–water partition coefficient (Wildman–Crippen LogP) is 0.406. The monoisotopic (exact) mass is 185 g/mol. The molecule has 0 aromatic rings. The van der Waals surface area contributed by atoms with Crippen LogP contribution in [0.15, 0.2) is 0 Å². The molecule has 0 spiro atoms. The largest absolute Gasteiger partial charge is 0.324 e. The van der Waals surface area contributed by atoms with E-state index < -0.39 is 0 Å². The minimum atomic E-state index is -0.0781. The number of nitrogens with one attached hydrogen (secondary N) is 1. The zero-order valence-corrected chi connectivity index (χ0v) is 9.30. The van der Waals surface area contributed by atoms with Gasteiger partial charge in [0.2, 0.25) is 0 Å². The van der Waals surface area contributed by atoms with Gasteiger partial charge < -0.3 is 11.1 Å². The van der Waals surface area contributed by atoms with E-state index in [1.165, 1.54) is 0 Å². The minimum absolute atomic E-state index is 0.0781. The Morgan fingerprint density at radius 2 is 2.08 bits per heavy atom. The number of hydrogen-bond acceptors (Lipinski definition) is 3. The lowest BCUT2D eigenvalue weighted by molar-refractivity contribution is 0.122. The molecule has 3 N–H and O–H groups in total. The van der Waals surface area contributed by atoms with Gasteiger partial charge in [0.15, 0.2) is 0 Å². The van der Waals surface area contributed by atoms with Gasteiger partial charge in [-0.15, -0.1) is 0 Å². The summed E-state index contributed by atoms with van der Waals surface area (Å²) in [6, 6.07) is 1.21. The first-order chi connectivity index (χ1) is 5.88. The van der Waals surface area contributed by atoms with E-state index in [4.69, 9.17) is 5.73 Å². The third-order valence-corrected chi connectivity index (χ3v) is 2.50. The number of nitrogens with zero attached hydrogens (tertiary/aromatic N) is 1. The molecule has 3 nitrogen and oxygen atoms in total. The Balaban J connectivity index is 2.47. The summed E-state index contributed by atoms with van der Waals surface area (Å²) in [5, 5.41) is 3.46. The van der Waals surface area contributed by atoms with Crippen molar-refractivity contribution >= 4 is 0 Å². The normalized spacial score (nSPS) is 32.1. The highest BCUT2D eigenvalue weighted by molar-refractivity contribution is 4.86. The molecule has 2 atom stereocenters. The molecular weight excluding hydrogens is 162 g/mol. The van der Waals surface area contributed by atoms with Gasteiger partial charge in [-0.3, -0.25) is 4.90 Å². The SMILES string of the molecule is CC1CN(CC(C)(C)N)C(C)CN1. The molecule has 0 aromatic carbocycles. The molecule has 1 saturated heterocycles. The Bertz CT molecular complexity index is 162. The quantitative estimate of drug-likeness (QED) is 0.654. The molecule has 13 heavy (non-hydrogen) atoms. The topological polar surface area (TPSA) is 41.3 Å². The second-order valence-corrected chi connectivity index (χ2v) is 5.08. The molecule has 0 saturated carbocycles. The lowest BCUT2D eigenvalue weighted by Crippen LogP contribution is -2.58. The lowest BCUT2D eigenvalue weighted by Gasteiger charge is -2.40. The Morgan fingerprint density at radius 1 is 1.46 bits per heavy atom. The van der Waals surface area contributed by atoms with Crippen LogP contribution in [0.25, 0.3) is 0 Å². The Hall–Kier alpha value is -0.120. The van der Waals surface area contributed by atoms with E-state index >= 15 is 0 Å². The molecule has 0 amide bonds. The number of piperazine rings is 1. The first-order valence-electron chi connectivity index (χ1n) is 5.15. The zero-order valence-electron chi connectivity index (χ0n) is 9.30. The Morgan fingerprint density at radius 3 is 2.62 bits per heavy atom. The van der Waals surface area contributed by atoms with E-state index in [2.05, 4.69) is 37.9 Å². The number of rotatable bonds is 2. The van der Waals surface area contributed by atoms with Gasteiger partial charge in [-0.1, -0.05) is 0 Å². The minimum Gasteiger partial charge on any atom is -0.324 e. The van der Waals surface area contributed by atoms with E-state index in [9.17, 15) is 0 Å². The van der Waals surface area contributed by atoms with Gasteiger partial charge in [0.25, 0.3) is 0 Å². The smallest absolute Gasteiger partial charge is 0.0226 e. The van der Waals surface area contributed by atoms with Crippen LogP contribution in [-0.4, -0.2) is 42.2 Å². The van der Waals surface area contributed by atoms with E-state index in [-0.39, 0.29) is 5.54 Å². The molecule has 0 aromatic heterocycles. The highest BCUT2D eigenvalue weighted by Gasteiger charge is 2.25. The maximum absolute atomic E-state index is 6.01. The molecule has 3 heteroatoms. The Kier molecular flexibility index (Phi) is 3.33. The van der Waals surface area contributed by atoms with Gasteiger partial charge in [-0.05, 0) is 27.7 Å². The van der Waals surface area contributed by atoms with Crippen LogP contribution in [0, 0.1) is 0 Å². The van der Waals surface area contributed by atoms with Gasteiger partial charge in [-0.25, -0.2) is 0 Å². The van der Waals surface area contributed by atoms with Crippen molar-refractivity contribution in [2.45, 2.75) is 45.3 Å². The summed E-state index contributed by atoms with van der Waals surface area (Å²) < 4.78 is 0. The van der Waals surface area contributed by atoms with E-state index in [0.29, 0.717) is 12.1 Å². The molecule has 1 heterocycles. The van der Waals surface area contributed by atoms with Gasteiger partial charge in [0.05, 0.1) is 0 Å². The van der Waals surface area contributed by atoms with Crippen LogP contribution in [0.5, 0.6) is 0 Å². The maximum atomic E-state index is 6.01. The van der Waals surface area contributed by atoms with Crippen LogP contribution < -0.4 is 11.1 Å². The average molecular weight is 185 g/mol. The van der Waals surface area contributed by atoms with Crippen molar-refractivity contribution in [2.24, 2.45) is 5.73 Å². The van der Waals surface area contributed by atoms with E-state index in [1.54, 1.807) is 0 Å². The van der Waals surface area contributed by atoms with Crippen molar-refractivity contribution in [3.05, 3.63) is 0 Å². The fraction of sp³-hybridized carbons (Fsp3) is 1.00. The average Bonchev–Trinajstić information content (AvgIpc) is 1.94. The second kappa shape index (κ2) is 3.95. The van der Waals surface area contributed by atoms with Crippen LogP contribution in [0.3, 0.4) is 0 Å². The Labute approximate surface area is 81.7 Å². The third-order valence-electron chi connectivity index (χ3n) is 2.50. The van der Waals surface area contributed by atoms with Gasteiger partial charge in [-0.2, -0.15) is 0 Å². The fourth-order valence-electron chi connectivity index (χ4n) is 1.84. The molecule has 1 rings (SSSR count). The highest BCUT2D eigenvalue weighted by atomic mass is 15.2. The van der Waals surface area contributed by atoms with Crippen LogP contribution in [0.1, 0.15) is 27.7 Å². The maximum Gasteiger partial charge on any atom is 0.0226 e. The third kappa shape index (κ3) is 3.63. The summed E-state index contributed by atoms with van der Waals surface area (Å²) in [6.07, 6.45) is 0. The molecule has 78 valence electrons. The first kappa shape index (κ1) is 11.0. The van der Waals surface area contributed by atoms with Crippen LogP contribution >= 0.6 is 0 Å². The standard InChI is InChI=1S/C10H23N3/c1-8-6-13(7-10(3,4)11)9(2)5-12-8/h8-9,12H,5-7,11H2,1-4H3. The molecule has 2 unspecified atom stereocenters. The van der Waals surface area contributed by atoms with E-state index in [0.717, 1.165) is 19.6 Å². The summed E-state index contributed by atoms with van der Waals surface area (Å²) in [7, 11) is 0. The highest BCUT2D eigenvalue weighted by Crippen LogP contribution is 2.10. The first-order valence-corrected chi connectivity index (χ1v) is 5.15. The summed E-state index contributed by atoms with van der Waals surface area (Å²) in [4.78, 5) is 2.47. The molecule has 1 aliphatic heterocycles. The van der Waals surface area contributed by atoms with Gasteiger partial charge in [0, 0.05) is 37.3 Å². The summed E-state index contributed by atoms with van der Waals surface area (Å²) in [6.45, 7) is 11.8. The van der Waals surface area contributed by atoms with Crippen molar-refractivity contribution in [1.82, 2.24) is 10.2 Å². The molecular formula is C10H23N3. The van der Waals surface area contributed by atoms with E-state index in [1.807, 2.05) is 0 Å². The van der Waals surface area contributed by atoms with Crippen LogP contribution in [-0.2, 0) is 0 Å². The number of hydrogen-bond donors (Lipinski definition) is 2.